The van der Waals surface area contributed by atoms with E-state index in [-0.39, 0.29) is 63.7 Å². The van der Waals surface area contributed by atoms with Crippen molar-refractivity contribution in [2.75, 3.05) is 18.6 Å². The molecule has 230 valence electrons. The standard InChI is InChI=1S/C24H24N16O5/c1-10-17(31-33-21-12(14(42)9-41)7-27-37(21)3)19(25)39(35-10)15-6-16(30-24(44)29-15)40-20(26)18(11(2)36-40)32-34-22-13(23(43)45-5)8-28-38(22)4/h6-9H,25-26H2,1-5H3,(H,29,30,44). The van der Waals surface area contributed by atoms with Crippen molar-refractivity contribution in [1.82, 2.24) is 49.1 Å². The summed E-state index contributed by atoms with van der Waals surface area (Å²) in [4.78, 5) is 43.0. The van der Waals surface area contributed by atoms with Crippen LogP contribution in [0.4, 0.5) is 34.6 Å². The minimum atomic E-state index is -0.817. The van der Waals surface area contributed by atoms with Crippen molar-refractivity contribution in [3.63, 3.8) is 0 Å². The number of carbonyl (C=O) groups is 3. The van der Waals surface area contributed by atoms with Gasteiger partial charge in [0.05, 0.1) is 36.5 Å². The van der Waals surface area contributed by atoms with Gasteiger partial charge >= 0.3 is 12.0 Å². The van der Waals surface area contributed by atoms with Gasteiger partial charge in [-0.2, -0.15) is 39.7 Å². The predicted octanol–water partition coefficient (Wildman–Crippen LogP) is 1.80. The van der Waals surface area contributed by atoms with Crippen LogP contribution in [0.1, 0.15) is 32.1 Å². The SMILES string of the molecule is COC(=O)c1cnn(C)c1N=Nc1c(C)nn(-c2cc(-n3nc(C)c(N=Nc4c(C(=O)C=O)cnn4C)c3N)nc(O)n2)c1N. The second-order valence-corrected chi connectivity index (χ2v) is 9.23. The van der Waals surface area contributed by atoms with Gasteiger partial charge in [0, 0.05) is 20.2 Å². The number of aryl methyl sites for hydroxylation is 4. The number of hydrogen-bond acceptors (Lipinski definition) is 17. The zero-order valence-electron chi connectivity index (χ0n) is 24.3. The van der Waals surface area contributed by atoms with Crippen molar-refractivity contribution in [3.8, 4) is 17.6 Å². The van der Waals surface area contributed by atoms with Gasteiger partial charge in [-0.1, -0.05) is 0 Å². The number of nitrogens with two attached hydrogens (primary N) is 2. The number of rotatable bonds is 9. The smallest absolute Gasteiger partial charge is 0.343 e. The molecule has 21 nitrogen and oxygen atoms in total. The fourth-order valence-electron chi connectivity index (χ4n) is 4.08. The molecular weight excluding hydrogens is 592 g/mol. The lowest BCUT2D eigenvalue weighted by Gasteiger charge is -2.07. The van der Waals surface area contributed by atoms with Crippen molar-refractivity contribution in [3.05, 3.63) is 41.0 Å². The maximum atomic E-state index is 12.1. The first kappa shape index (κ1) is 29.8. The van der Waals surface area contributed by atoms with E-state index in [9.17, 15) is 19.5 Å². The molecule has 0 unspecified atom stereocenters. The van der Waals surface area contributed by atoms with Gasteiger partial charge in [0.25, 0.3) is 0 Å². The van der Waals surface area contributed by atoms with E-state index in [0.29, 0.717) is 11.4 Å². The molecule has 0 amide bonds. The van der Waals surface area contributed by atoms with Crippen LogP contribution in [0.2, 0.25) is 0 Å². The molecule has 5 heterocycles. The van der Waals surface area contributed by atoms with Crippen molar-refractivity contribution < 1.29 is 24.2 Å². The largest absolute Gasteiger partial charge is 0.479 e. The molecule has 0 bridgehead atoms. The summed E-state index contributed by atoms with van der Waals surface area (Å²) in [5.41, 5.74) is 13.7. The predicted molar refractivity (Wildman–Crippen MR) is 153 cm³/mol. The fraction of sp³-hybridized carbons (Fsp3) is 0.208. The van der Waals surface area contributed by atoms with Crippen LogP contribution < -0.4 is 11.5 Å². The number of aromatic nitrogens is 10. The summed E-state index contributed by atoms with van der Waals surface area (Å²) in [6, 6.07) is 0.740. The number of esters is 1. The van der Waals surface area contributed by atoms with Crippen LogP contribution in [-0.4, -0.2) is 79.3 Å². The van der Waals surface area contributed by atoms with E-state index in [4.69, 9.17) is 16.2 Å². The first-order valence-corrected chi connectivity index (χ1v) is 12.7. The first-order valence-electron chi connectivity index (χ1n) is 12.7. The Hall–Kier alpha value is -6.67. The molecule has 0 aliphatic carbocycles. The van der Waals surface area contributed by atoms with Crippen LogP contribution in [0.25, 0.3) is 11.6 Å². The summed E-state index contributed by atoms with van der Waals surface area (Å²) >= 11 is 0. The van der Waals surface area contributed by atoms with E-state index < -0.39 is 17.8 Å². The van der Waals surface area contributed by atoms with E-state index in [2.05, 4.69) is 50.8 Å². The number of aromatic hydroxyl groups is 1. The Kier molecular flexibility index (Phi) is 7.65. The average Bonchev–Trinajstić information content (AvgIpc) is 3.73. The van der Waals surface area contributed by atoms with Crippen LogP contribution in [0.3, 0.4) is 0 Å². The Morgan fingerprint density at radius 2 is 1.31 bits per heavy atom. The number of azo groups is 2. The van der Waals surface area contributed by atoms with Gasteiger partial charge in [0.15, 0.2) is 52.6 Å². The van der Waals surface area contributed by atoms with Gasteiger partial charge in [-0.3, -0.25) is 9.59 Å². The third-order valence-electron chi connectivity index (χ3n) is 6.33. The lowest BCUT2D eigenvalue weighted by Crippen LogP contribution is -2.09. The summed E-state index contributed by atoms with van der Waals surface area (Å²) < 4.78 is 9.73. The molecule has 5 aromatic heterocycles. The van der Waals surface area contributed by atoms with E-state index in [1.807, 2.05) is 0 Å². The number of ether oxygens (including phenoxy) is 1. The fourth-order valence-corrected chi connectivity index (χ4v) is 4.08. The van der Waals surface area contributed by atoms with Crippen LogP contribution in [0.15, 0.2) is 38.9 Å². The van der Waals surface area contributed by atoms with Crippen LogP contribution in [-0.2, 0) is 23.6 Å². The highest BCUT2D eigenvalue weighted by Gasteiger charge is 2.22. The topological polar surface area (TPSA) is 279 Å². The molecule has 21 heteroatoms. The monoisotopic (exact) mass is 616 g/mol. The Morgan fingerprint density at radius 3 is 1.78 bits per heavy atom. The van der Waals surface area contributed by atoms with Crippen LogP contribution in [0, 0.1) is 13.8 Å². The number of anilines is 2. The van der Waals surface area contributed by atoms with Crippen molar-refractivity contribution in [2.45, 2.75) is 13.8 Å². The molecule has 0 saturated carbocycles. The van der Waals surface area contributed by atoms with Crippen molar-refractivity contribution in [1.29, 1.82) is 0 Å². The molecule has 0 fully saturated rings. The van der Waals surface area contributed by atoms with E-state index in [1.165, 1.54) is 51.3 Å². The zero-order valence-corrected chi connectivity index (χ0v) is 24.3. The summed E-state index contributed by atoms with van der Waals surface area (Å²) in [6.45, 7) is 3.22. The summed E-state index contributed by atoms with van der Waals surface area (Å²) in [6.07, 6.45) is 2.64. The van der Waals surface area contributed by atoms with Gasteiger partial charge in [0.1, 0.15) is 5.56 Å². The highest BCUT2D eigenvalue weighted by molar-refractivity contribution is 6.34. The molecule has 5 aromatic rings. The van der Waals surface area contributed by atoms with Crippen molar-refractivity contribution in [2.24, 2.45) is 34.6 Å². The number of hydrogen-bond donors (Lipinski definition) is 3. The van der Waals surface area contributed by atoms with Gasteiger partial charge in [0.2, 0.25) is 5.78 Å². The summed E-state index contributed by atoms with van der Waals surface area (Å²) in [7, 11) is 4.33. The van der Waals surface area contributed by atoms with Crippen LogP contribution >= 0.6 is 0 Å². The van der Waals surface area contributed by atoms with Crippen molar-refractivity contribution >= 4 is 52.7 Å². The number of ketones is 1. The molecule has 0 aromatic carbocycles. The average molecular weight is 617 g/mol. The van der Waals surface area contributed by atoms with Gasteiger partial charge in [-0.15, -0.1) is 20.5 Å². The molecule has 0 saturated heterocycles. The number of Topliss-reactive ketones (excluding diaryl/α,β-unsaturated/α-hetero) is 1. The molecule has 5 N–H and O–H groups in total. The number of nitrogen functional groups attached to an aromatic ring is 2. The second kappa shape index (κ2) is 11.5. The highest BCUT2D eigenvalue weighted by Crippen LogP contribution is 2.34. The lowest BCUT2D eigenvalue weighted by molar-refractivity contribution is -0.104. The third kappa shape index (κ3) is 5.35. The maximum absolute atomic E-state index is 12.1. The van der Waals surface area contributed by atoms with Gasteiger partial charge in [-0.25, -0.2) is 14.2 Å². The molecule has 0 aliphatic rings. The van der Waals surface area contributed by atoms with Gasteiger partial charge in [-0.05, 0) is 13.8 Å². The molecule has 0 aliphatic heterocycles. The third-order valence-corrected chi connectivity index (χ3v) is 6.33. The minimum Gasteiger partial charge on any atom is -0.479 e. The summed E-state index contributed by atoms with van der Waals surface area (Å²) in [5, 5.41) is 43.5. The molecular formula is C24H24N16O5. The zero-order chi connectivity index (χ0) is 32.6. The Labute approximate surface area is 251 Å². The molecule has 45 heavy (non-hydrogen) atoms. The number of carbonyl (C=O) groups excluding carboxylic acids is 3. The van der Waals surface area contributed by atoms with E-state index in [0.717, 1.165) is 0 Å². The maximum Gasteiger partial charge on any atom is 0.343 e. The normalized spacial score (nSPS) is 11.6. The van der Waals surface area contributed by atoms with Crippen LogP contribution in [0.5, 0.6) is 6.01 Å². The number of aldehydes is 1. The molecule has 0 radical (unpaired) electrons. The second-order valence-electron chi connectivity index (χ2n) is 9.23. The highest BCUT2D eigenvalue weighted by atomic mass is 16.5. The summed E-state index contributed by atoms with van der Waals surface area (Å²) in [5.74, 6) is -1.29. The Balaban J connectivity index is 1.50. The first-order chi connectivity index (χ1) is 21.4. The molecule has 5 rings (SSSR count). The Morgan fingerprint density at radius 1 is 0.844 bits per heavy atom. The van der Waals surface area contributed by atoms with E-state index >= 15 is 0 Å². The molecule has 0 atom stereocenters. The number of nitrogens with zero attached hydrogens (tertiary/aromatic N) is 14. The van der Waals surface area contributed by atoms with E-state index in [1.54, 1.807) is 20.9 Å². The van der Waals surface area contributed by atoms with Gasteiger partial charge < -0.3 is 21.3 Å². The quantitative estimate of drug-likeness (QED) is 0.0701. The minimum absolute atomic E-state index is 0.00181. The lowest BCUT2D eigenvalue weighted by atomic mass is 10.2. The number of methoxy groups -OCH3 is 1. The molecule has 0 spiro atoms. The Bertz CT molecular complexity index is 2050.